The maximum absolute atomic E-state index is 2.95. The van der Waals surface area contributed by atoms with Crippen molar-refractivity contribution in [1.82, 2.24) is 0 Å². The second-order valence-corrected chi connectivity index (χ2v) is 4.64. The first-order chi connectivity index (χ1) is 7.86. The zero-order valence-electron chi connectivity index (χ0n) is 9.75. The van der Waals surface area contributed by atoms with Crippen LogP contribution < -0.4 is 0 Å². The SMILES string of the molecule is CSc1cc[c-]cc1.CSc1cc[c-]cc1.[Pt+2]. The van der Waals surface area contributed by atoms with Crippen molar-refractivity contribution in [2.45, 2.75) is 9.79 Å². The van der Waals surface area contributed by atoms with E-state index in [0.29, 0.717) is 0 Å². The summed E-state index contributed by atoms with van der Waals surface area (Å²) < 4.78 is 0. The fraction of sp³-hybridized carbons (Fsp3) is 0.143. The standard InChI is InChI=1S/2C7H7S.Pt/c2*1-8-7-5-3-2-4-6-7;/h2*3-6H,1H3;/q2*-1;+2. The quantitative estimate of drug-likeness (QED) is 0.500. The van der Waals surface area contributed by atoms with E-state index in [-0.39, 0.29) is 21.1 Å². The van der Waals surface area contributed by atoms with Gasteiger partial charge in [-0.05, 0) is 12.5 Å². The van der Waals surface area contributed by atoms with Gasteiger partial charge in [0.25, 0.3) is 0 Å². The van der Waals surface area contributed by atoms with Crippen molar-refractivity contribution < 1.29 is 21.1 Å². The van der Waals surface area contributed by atoms with Crippen LogP contribution in [0.4, 0.5) is 0 Å². The van der Waals surface area contributed by atoms with Gasteiger partial charge in [-0.1, -0.05) is 0 Å². The van der Waals surface area contributed by atoms with Crippen molar-refractivity contribution in [2.24, 2.45) is 0 Å². The topological polar surface area (TPSA) is 0 Å². The number of hydrogen-bond donors (Lipinski definition) is 0. The van der Waals surface area contributed by atoms with Crippen molar-refractivity contribution in [1.29, 1.82) is 0 Å². The minimum Gasteiger partial charge on any atom is -0.184 e. The van der Waals surface area contributed by atoms with Gasteiger partial charge in [0.1, 0.15) is 0 Å². The second kappa shape index (κ2) is 10.9. The van der Waals surface area contributed by atoms with E-state index >= 15 is 0 Å². The Labute approximate surface area is 127 Å². The van der Waals surface area contributed by atoms with E-state index in [1.54, 1.807) is 23.5 Å². The molecule has 2 aromatic rings. The molecule has 3 heteroatoms. The first-order valence-corrected chi connectivity index (χ1v) is 7.32. The van der Waals surface area contributed by atoms with Gasteiger partial charge in [-0.25, -0.2) is 0 Å². The van der Waals surface area contributed by atoms with Gasteiger partial charge in [0.05, 0.1) is 0 Å². The second-order valence-electron chi connectivity index (χ2n) is 2.88. The van der Waals surface area contributed by atoms with Crippen LogP contribution in [0.3, 0.4) is 0 Å². The van der Waals surface area contributed by atoms with Crippen LogP contribution in [-0.2, 0) is 21.1 Å². The molecule has 0 aromatic heterocycles. The van der Waals surface area contributed by atoms with Crippen molar-refractivity contribution in [3.8, 4) is 0 Å². The van der Waals surface area contributed by atoms with Crippen molar-refractivity contribution in [3.05, 3.63) is 60.7 Å². The molecule has 0 aliphatic heterocycles. The molecule has 0 heterocycles. The molecule has 0 aliphatic carbocycles. The van der Waals surface area contributed by atoms with E-state index in [0.717, 1.165) is 0 Å². The summed E-state index contributed by atoms with van der Waals surface area (Å²) >= 11 is 3.50. The van der Waals surface area contributed by atoms with E-state index < -0.39 is 0 Å². The van der Waals surface area contributed by atoms with E-state index in [9.17, 15) is 0 Å². The molecule has 0 saturated carbocycles. The van der Waals surface area contributed by atoms with Gasteiger partial charge in [-0.2, -0.15) is 84.2 Å². The smallest absolute Gasteiger partial charge is 0.184 e. The van der Waals surface area contributed by atoms with Gasteiger partial charge in [0, 0.05) is 0 Å². The van der Waals surface area contributed by atoms with Gasteiger partial charge in [0.2, 0.25) is 0 Å². The van der Waals surface area contributed by atoms with E-state index in [4.69, 9.17) is 0 Å². The first kappa shape index (κ1) is 16.8. The third kappa shape index (κ3) is 7.70. The summed E-state index contributed by atoms with van der Waals surface area (Å²) in [5.41, 5.74) is 0. The molecular formula is C14H14PtS2. The maximum Gasteiger partial charge on any atom is 2.00 e. The average Bonchev–Trinajstić information content (AvgIpc) is 2.41. The van der Waals surface area contributed by atoms with Crippen LogP contribution in [0.1, 0.15) is 0 Å². The van der Waals surface area contributed by atoms with E-state index in [1.165, 1.54) is 9.79 Å². The zero-order valence-corrected chi connectivity index (χ0v) is 13.7. The molecule has 0 nitrogen and oxygen atoms in total. The Morgan fingerprint density at radius 1 is 0.706 bits per heavy atom. The van der Waals surface area contributed by atoms with Gasteiger partial charge in [-0.15, -0.1) is 9.79 Å². The predicted molar refractivity (Wildman–Crippen MR) is 74.1 cm³/mol. The number of hydrogen-bond acceptors (Lipinski definition) is 2. The summed E-state index contributed by atoms with van der Waals surface area (Å²) in [7, 11) is 0. The Morgan fingerprint density at radius 3 is 1.18 bits per heavy atom. The molecule has 0 spiro atoms. The molecule has 2 aromatic carbocycles. The number of thioether (sulfide) groups is 2. The summed E-state index contributed by atoms with van der Waals surface area (Å²) in [6.45, 7) is 0. The van der Waals surface area contributed by atoms with Crippen LogP contribution in [0.5, 0.6) is 0 Å². The van der Waals surface area contributed by atoms with Gasteiger partial charge < -0.3 is 0 Å². The van der Waals surface area contributed by atoms with Crippen molar-refractivity contribution in [3.63, 3.8) is 0 Å². The molecule has 0 amide bonds. The normalized spacial score (nSPS) is 8.59. The Bertz CT molecular complexity index is 336. The van der Waals surface area contributed by atoms with Crippen LogP contribution in [-0.4, -0.2) is 12.5 Å². The van der Waals surface area contributed by atoms with Crippen LogP contribution in [0, 0.1) is 12.1 Å². The van der Waals surface area contributed by atoms with Crippen LogP contribution in [0.15, 0.2) is 58.3 Å². The summed E-state index contributed by atoms with van der Waals surface area (Å²) in [5, 5.41) is 0. The molecule has 0 unspecified atom stereocenters. The van der Waals surface area contributed by atoms with E-state index in [1.807, 2.05) is 48.5 Å². The van der Waals surface area contributed by atoms with Crippen LogP contribution >= 0.6 is 23.5 Å². The average molecular weight is 441 g/mol. The molecule has 0 bridgehead atoms. The molecule has 92 valence electrons. The van der Waals surface area contributed by atoms with Gasteiger partial charge in [-0.3, -0.25) is 0 Å². The third-order valence-corrected chi connectivity index (χ3v) is 3.33. The molecule has 2 rings (SSSR count). The summed E-state index contributed by atoms with van der Waals surface area (Å²) in [5.74, 6) is 0. The third-order valence-electron chi connectivity index (χ3n) is 1.85. The fourth-order valence-electron chi connectivity index (χ4n) is 1.02. The van der Waals surface area contributed by atoms with E-state index in [2.05, 4.69) is 24.6 Å². The minimum absolute atomic E-state index is 0. The minimum atomic E-state index is 0. The maximum atomic E-state index is 2.95. The van der Waals surface area contributed by atoms with Crippen molar-refractivity contribution in [2.75, 3.05) is 12.5 Å². The van der Waals surface area contributed by atoms with Crippen molar-refractivity contribution >= 4 is 23.5 Å². The molecule has 0 aliphatic rings. The Balaban J connectivity index is 0.000000284. The summed E-state index contributed by atoms with van der Waals surface area (Å²) in [6.07, 6.45) is 4.13. The Kier molecular flexibility index (Phi) is 10.8. The van der Waals surface area contributed by atoms with Gasteiger partial charge >= 0.3 is 21.1 Å². The largest absolute Gasteiger partial charge is 2.00 e. The molecule has 0 fully saturated rings. The van der Waals surface area contributed by atoms with Crippen LogP contribution in [0.25, 0.3) is 0 Å². The molecule has 0 saturated heterocycles. The van der Waals surface area contributed by atoms with Crippen LogP contribution in [0.2, 0.25) is 0 Å². The predicted octanol–water partition coefficient (Wildman–Crippen LogP) is 4.41. The molecule has 17 heavy (non-hydrogen) atoms. The number of benzene rings is 2. The Hall–Kier alpha value is -0.172. The molecule has 0 atom stereocenters. The zero-order chi connectivity index (χ0) is 11.6. The molecule has 0 N–H and O–H groups in total. The molecule has 0 radical (unpaired) electrons. The Morgan fingerprint density at radius 2 is 1.00 bits per heavy atom. The first-order valence-electron chi connectivity index (χ1n) is 4.87. The summed E-state index contributed by atoms with van der Waals surface area (Å²) in [4.78, 5) is 2.59. The monoisotopic (exact) mass is 441 g/mol. The summed E-state index contributed by atoms with van der Waals surface area (Å²) in [6, 6.07) is 21.8. The van der Waals surface area contributed by atoms with Gasteiger partial charge in [0.15, 0.2) is 0 Å². The number of rotatable bonds is 2. The molecular weight excluding hydrogens is 427 g/mol. The fourth-order valence-corrected chi connectivity index (χ4v) is 1.83.